The summed E-state index contributed by atoms with van der Waals surface area (Å²) < 4.78 is 60.1. The standard InChI is InChI=1S/C34H36F3N5O6/c35-34(36,37)48-30-11-3-25(4-12-30)2-1-21-45-28-9-5-26(6-10-28)22-39-17-19-40(20-18-39)27-7-13-29(14-8-27)46-24-31-15-16-41-23-32(42(43)44)38-33(41)47-31/h3-14,23,31H,1-2,15-22,24H2/t31-/m0/s1. The van der Waals surface area contributed by atoms with Gasteiger partial charge < -0.3 is 34.0 Å². The van der Waals surface area contributed by atoms with Crippen molar-refractivity contribution >= 4 is 11.5 Å². The lowest BCUT2D eigenvalue weighted by atomic mass is 10.1. The van der Waals surface area contributed by atoms with Gasteiger partial charge >= 0.3 is 18.2 Å². The third-order valence-electron chi connectivity index (χ3n) is 8.25. The number of halogens is 3. The van der Waals surface area contributed by atoms with Crippen LogP contribution in [0.4, 0.5) is 24.7 Å². The molecule has 0 bridgehead atoms. The maximum Gasteiger partial charge on any atom is 0.573 e. The van der Waals surface area contributed by atoms with Crippen LogP contribution in [0.15, 0.2) is 79.0 Å². The molecule has 1 saturated heterocycles. The number of rotatable bonds is 13. The molecule has 11 nitrogen and oxygen atoms in total. The van der Waals surface area contributed by atoms with Gasteiger partial charge in [0.25, 0.3) is 0 Å². The van der Waals surface area contributed by atoms with Crippen molar-refractivity contribution in [2.75, 3.05) is 44.3 Å². The van der Waals surface area contributed by atoms with Crippen LogP contribution in [0.1, 0.15) is 24.0 Å². The molecule has 3 heterocycles. The van der Waals surface area contributed by atoms with E-state index >= 15 is 0 Å². The Balaban J connectivity index is 0.871. The summed E-state index contributed by atoms with van der Waals surface area (Å²) >= 11 is 0. The van der Waals surface area contributed by atoms with Crippen molar-refractivity contribution < 1.29 is 37.0 Å². The van der Waals surface area contributed by atoms with E-state index in [1.807, 2.05) is 24.3 Å². The molecule has 0 spiro atoms. The number of ether oxygens (including phenoxy) is 4. The van der Waals surface area contributed by atoms with Gasteiger partial charge in [-0.3, -0.25) is 9.47 Å². The van der Waals surface area contributed by atoms with Gasteiger partial charge in [-0.1, -0.05) is 24.3 Å². The summed E-state index contributed by atoms with van der Waals surface area (Å²) in [5.41, 5.74) is 3.27. The lowest BCUT2D eigenvalue weighted by molar-refractivity contribution is -0.389. The Morgan fingerprint density at radius 3 is 2.19 bits per heavy atom. The Morgan fingerprint density at radius 1 is 0.854 bits per heavy atom. The lowest BCUT2D eigenvalue weighted by Gasteiger charge is -2.36. The number of hydrogen-bond acceptors (Lipinski definition) is 9. The molecule has 3 aromatic carbocycles. The zero-order chi connectivity index (χ0) is 33.5. The van der Waals surface area contributed by atoms with Crippen molar-refractivity contribution in [2.24, 2.45) is 0 Å². The van der Waals surface area contributed by atoms with Crippen molar-refractivity contribution in [3.63, 3.8) is 0 Å². The minimum atomic E-state index is -4.69. The van der Waals surface area contributed by atoms with Crippen molar-refractivity contribution in [1.29, 1.82) is 0 Å². The van der Waals surface area contributed by atoms with Crippen molar-refractivity contribution in [3.05, 3.63) is 100 Å². The van der Waals surface area contributed by atoms with Gasteiger partial charge in [0, 0.05) is 56.4 Å². The fraction of sp³-hybridized carbons (Fsp3) is 0.382. The van der Waals surface area contributed by atoms with Crippen LogP contribution in [0.2, 0.25) is 0 Å². The smallest absolute Gasteiger partial charge is 0.494 e. The van der Waals surface area contributed by atoms with E-state index in [-0.39, 0.29) is 23.7 Å². The largest absolute Gasteiger partial charge is 0.573 e. The highest BCUT2D eigenvalue weighted by molar-refractivity contribution is 5.49. The second-order valence-electron chi connectivity index (χ2n) is 11.7. The molecule has 6 rings (SSSR count). The predicted molar refractivity (Wildman–Crippen MR) is 171 cm³/mol. The normalized spacial score (nSPS) is 16.6. The number of anilines is 1. The molecule has 0 aliphatic carbocycles. The number of nitro groups is 1. The molecule has 0 N–H and O–H groups in total. The minimum absolute atomic E-state index is 0.217. The number of piperazine rings is 1. The topological polar surface area (TPSA) is 104 Å². The summed E-state index contributed by atoms with van der Waals surface area (Å²) in [5.74, 6) is 1.08. The fourth-order valence-corrected chi connectivity index (χ4v) is 5.72. The van der Waals surface area contributed by atoms with Crippen LogP contribution in [0, 0.1) is 10.1 Å². The zero-order valence-electron chi connectivity index (χ0n) is 26.2. The van der Waals surface area contributed by atoms with E-state index in [0.29, 0.717) is 32.6 Å². The lowest BCUT2D eigenvalue weighted by Crippen LogP contribution is -2.45. The molecule has 254 valence electrons. The van der Waals surface area contributed by atoms with E-state index in [2.05, 4.69) is 43.8 Å². The first-order chi connectivity index (χ1) is 23.2. The zero-order valence-corrected chi connectivity index (χ0v) is 26.2. The van der Waals surface area contributed by atoms with Crippen LogP contribution in [-0.2, 0) is 19.5 Å². The quantitative estimate of drug-likeness (QED) is 0.0930. The Morgan fingerprint density at radius 2 is 1.50 bits per heavy atom. The summed E-state index contributed by atoms with van der Waals surface area (Å²) in [4.78, 5) is 19.2. The van der Waals surface area contributed by atoms with Crippen LogP contribution >= 0.6 is 0 Å². The molecule has 0 unspecified atom stereocenters. The number of fused-ring (bicyclic) bond motifs is 1. The molecule has 1 fully saturated rings. The second kappa shape index (κ2) is 14.8. The van der Waals surface area contributed by atoms with E-state index in [4.69, 9.17) is 14.2 Å². The van der Waals surface area contributed by atoms with Crippen molar-refractivity contribution in [2.45, 2.75) is 44.8 Å². The van der Waals surface area contributed by atoms with E-state index in [1.165, 1.54) is 23.9 Å². The number of aryl methyl sites for hydroxylation is 2. The first-order valence-electron chi connectivity index (χ1n) is 15.8. The number of alkyl halides is 3. The van der Waals surface area contributed by atoms with E-state index in [9.17, 15) is 23.3 Å². The SMILES string of the molecule is O=[N+]([O-])c1cn2c(n1)O[C@H](COc1ccc(N3CCN(Cc4ccc(OCCCc5ccc(OC(F)(F)F)cc5)cc4)CC3)cc1)CC2. The summed E-state index contributed by atoms with van der Waals surface area (Å²) in [6, 6.07) is 22.3. The number of aromatic nitrogens is 2. The molecular weight excluding hydrogens is 631 g/mol. The Labute approximate surface area is 275 Å². The average Bonchev–Trinajstić information content (AvgIpc) is 3.51. The van der Waals surface area contributed by atoms with Crippen LogP contribution in [0.3, 0.4) is 0 Å². The highest BCUT2D eigenvalue weighted by atomic mass is 19.4. The molecule has 14 heteroatoms. The molecule has 1 aromatic heterocycles. The monoisotopic (exact) mass is 667 g/mol. The van der Waals surface area contributed by atoms with Crippen LogP contribution in [-0.4, -0.2) is 71.2 Å². The van der Waals surface area contributed by atoms with Gasteiger partial charge in [0.05, 0.1) is 6.61 Å². The Hall–Kier alpha value is -4.98. The van der Waals surface area contributed by atoms with E-state index in [0.717, 1.165) is 61.9 Å². The van der Waals surface area contributed by atoms with Gasteiger partial charge in [-0.05, 0) is 77.4 Å². The molecule has 0 saturated carbocycles. The summed E-state index contributed by atoms with van der Waals surface area (Å²) in [6.45, 7) is 5.98. The predicted octanol–water partition coefficient (Wildman–Crippen LogP) is 6.25. The number of hydrogen-bond donors (Lipinski definition) is 0. The first kappa shape index (κ1) is 32.9. The van der Waals surface area contributed by atoms with Crippen molar-refractivity contribution in [3.8, 4) is 23.3 Å². The third kappa shape index (κ3) is 9.09. The number of benzene rings is 3. The van der Waals surface area contributed by atoms with Gasteiger partial charge in [0.1, 0.15) is 36.2 Å². The maximum absolute atomic E-state index is 12.3. The van der Waals surface area contributed by atoms with Crippen LogP contribution in [0.25, 0.3) is 0 Å². The molecule has 2 aliphatic heterocycles. The first-order valence-corrected chi connectivity index (χ1v) is 15.8. The van der Waals surface area contributed by atoms with Crippen molar-refractivity contribution in [1.82, 2.24) is 14.5 Å². The molecule has 48 heavy (non-hydrogen) atoms. The number of nitrogens with zero attached hydrogens (tertiary/aromatic N) is 5. The van der Waals surface area contributed by atoms with Gasteiger partial charge in [0.2, 0.25) is 0 Å². The van der Waals surface area contributed by atoms with E-state index < -0.39 is 11.3 Å². The van der Waals surface area contributed by atoms with Gasteiger partial charge in [0.15, 0.2) is 0 Å². The molecule has 4 aromatic rings. The molecular formula is C34H36F3N5O6. The molecule has 0 radical (unpaired) electrons. The Kier molecular flexibility index (Phi) is 10.2. The second-order valence-corrected chi connectivity index (χ2v) is 11.7. The van der Waals surface area contributed by atoms with Crippen LogP contribution in [0.5, 0.6) is 23.3 Å². The van der Waals surface area contributed by atoms with Gasteiger partial charge in [-0.15, -0.1) is 13.2 Å². The molecule has 2 aliphatic rings. The summed E-state index contributed by atoms with van der Waals surface area (Å²) in [6.07, 6.45) is -1.42. The average molecular weight is 668 g/mol. The molecule has 1 atom stereocenters. The number of imidazole rings is 1. The Bertz CT molecular complexity index is 1640. The van der Waals surface area contributed by atoms with Gasteiger partial charge in [-0.2, -0.15) is 0 Å². The highest BCUT2D eigenvalue weighted by Gasteiger charge is 2.31. The fourth-order valence-electron chi connectivity index (χ4n) is 5.72. The maximum atomic E-state index is 12.3. The van der Waals surface area contributed by atoms with Crippen LogP contribution < -0.4 is 23.8 Å². The molecule has 0 amide bonds. The third-order valence-corrected chi connectivity index (χ3v) is 8.25. The van der Waals surface area contributed by atoms with E-state index in [1.54, 1.807) is 16.7 Å². The highest BCUT2D eigenvalue weighted by Crippen LogP contribution is 2.27. The summed E-state index contributed by atoms with van der Waals surface area (Å²) in [5, 5.41) is 11.0. The summed E-state index contributed by atoms with van der Waals surface area (Å²) in [7, 11) is 0. The minimum Gasteiger partial charge on any atom is -0.494 e. The van der Waals surface area contributed by atoms with Gasteiger partial charge in [-0.25, -0.2) is 0 Å².